The van der Waals surface area contributed by atoms with Crippen molar-refractivity contribution in [3.63, 3.8) is 0 Å². The van der Waals surface area contributed by atoms with Gasteiger partial charge >= 0.3 is 0 Å². The predicted molar refractivity (Wildman–Crippen MR) is 47.7 cm³/mol. The molecule has 0 saturated carbocycles. The zero-order valence-electron chi connectivity index (χ0n) is 7.17. The van der Waals surface area contributed by atoms with Crippen molar-refractivity contribution in [1.82, 2.24) is 0 Å². The summed E-state index contributed by atoms with van der Waals surface area (Å²) >= 11 is 4.33. The van der Waals surface area contributed by atoms with Crippen LogP contribution < -0.4 is 0 Å². The second-order valence-electron chi connectivity index (χ2n) is 3.19. The van der Waals surface area contributed by atoms with E-state index in [4.69, 9.17) is 9.47 Å². The summed E-state index contributed by atoms with van der Waals surface area (Å²) < 4.78 is 10.9. The van der Waals surface area contributed by atoms with E-state index in [-0.39, 0.29) is 0 Å². The highest BCUT2D eigenvalue weighted by atomic mass is 32.1. The summed E-state index contributed by atoms with van der Waals surface area (Å²) in [7, 11) is 0. The Morgan fingerprint density at radius 1 is 1.45 bits per heavy atom. The quantitative estimate of drug-likeness (QED) is 0.649. The van der Waals surface area contributed by atoms with Gasteiger partial charge in [0.2, 0.25) is 5.12 Å². The molecule has 66 valence electrons. The first-order chi connectivity index (χ1) is 5.16. The number of rotatable bonds is 2. The first-order valence-corrected chi connectivity index (χ1v) is 4.61. The van der Waals surface area contributed by atoms with Crippen molar-refractivity contribution in [2.75, 3.05) is 13.2 Å². The highest BCUT2D eigenvalue weighted by Crippen LogP contribution is 2.29. The fourth-order valence-corrected chi connectivity index (χ4v) is 1.47. The van der Waals surface area contributed by atoms with Crippen LogP contribution in [-0.4, -0.2) is 18.3 Å². The topological polar surface area (TPSA) is 18.5 Å². The lowest BCUT2D eigenvalue weighted by Gasteiger charge is -2.35. The summed E-state index contributed by atoms with van der Waals surface area (Å²) in [5.74, 6) is 0.507. The first kappa shape index (κ1) is 9.36. The number of ether oxygens (including phenoxy) is 2. The summed E-state index contributed by atoms with van der Waals surface area (Å²) in [6, 6.07) is 0. The van der Waals surface area contributed by atoms with E-state index in [0.29, 0.717) is 5.92 Å². The van der Waals surface area contributed by atoms with Crippen molar-refractivity contribution in [3.8, 4) is 0 Å². The minimum atomic E-state index is -0.596. The Balaban J connectivity index is 2.35. The molecular formula is C8H16O2S. The molecule has 0 radical (unpaired) electrons. The van der Waals surface area contributed by atoms with Gasteiger partial charge in [0.05, 0.1) is 13.2 Å². The highest BCUT2D eigenvalue weighted by Gasteiger charge is 2.31. The normalized spacial score (nSPS) is 39.0. The Kier molecular flexibility index (Phi) is 3.22. The van der Waals surface area contributed by atoms with Crippen LogP contribution in [0, 0.1) is 5.92 Å². The largest absolute Gasteiger partial charge is 0.341 e. The summed E-state index contributed by atoms with van der Waals surface area (Å²) in [4.78, 5) is 0. The monoisotopic (exact) mass is 176 g/mol. The summed E-state index contributed by atoms with van der Waals surface area (Å²) in [6.07, 6.45) is 1.90. The van der Waals surface area contributed by atoms with Crippen molar-refractivity contribution in [2.24, 2.45) is 5.92 Å². The third kappa shape index (κ3) is 2.65. The van der Waals surface area contributed by atoms with Gasteiger partial charge < -0.3 is 9.47 Å². The molecule has 2 nitrogen and oxygen atoms in total. The van der Waals surface area contributed by atoms with E-state index in [1.54, 1.807) is 0 Å². The molecule has 0 amide bonds. The minimum Gasteiger partial charge on any atom is -0.341 e. The SMILES string of the molecule is CCCC1(S)OCC(C)CO1. The fourth-order valence-electron chi connectivity index (χ4n) is 1.09. The molecule has 0 aromatic heterocycles. The van der Waals surface area contributed by atoms with Gasteiger partial charge in [0, 0.05) is 12.3 Å². The molecule has 0 bridgehead atoms. The van der Waals surface area contributed by atoms with Crippen LogP contribution in [0.3, 0.4) is 0 Å². The Labute approximate surface area is 73.7 Å². The van der Waals surface area contributed by atoms with E-state index in [2.05, 4.69) is 26.5 Å². The smallest absolute Gasteiger partial charge is 0.215 e. The van der Waals surface area contributed by atoms with Crippen LogP contribution in [0.15, 0.2) is 0 Å². The van der Waals surface area contributed by atoms with E-state index >= 15 is 0 Å². The summed E-state index contributed by atoms with van der Waals surface area (Å²) in [5, 5.41) is -0.596. The number of thiol groups is 1. The first-order valence-electron chi connectivity index (χ1n) is 4.16. The highest BCUT2D eigenvalue weighted by molar-refractivity contribution is 7.81. The Morgan fingerprint density at radius 3 is 2.45 bits per heavy atom. The van der Waals surface area contributed by atoms with Gasteiger partial charge in [-0.1, -0.05) is 20.3 Å². The van der Waals surface area contributed by atoms with Crippen molar-refractivity contribution in [2.45, 2.75) is 31.8 Å². The Hall–Kier alpha value is 0.270. The molecule has 11 heavy (non-hydrogen) atoms. The lowest BCUT2D eigenvalue weighted by molar-refractivity contribution is -0.224. The fraction of sp³-hybridized carbons (Fsp3) is 1.00. The molecule has 1 rings (SSSR count). The molecular weight excluding hydrogens is 160 g/mol. The van der Waals surface area contributed by atoms with Crippen LogP contribution >= 0.6 is 12.6 Å². The maximum atomic E-state index is 5.46. The Bertz CT molecular complexity index is 119. The van der Waals surface area contributed by atoms with Crippen molar-refractivity contribution in [3.05, 3.63) is 0 Å². The summed E-state index contributed by atoms with van der Waals surface area (Å²) in [6.45, 7) is 5.75. The van der Waals surface area contributed by atoms with E-state index in [1.165, 1.54) is 0 Å². The van der Waals surface area contributed by atoms with Gasteiger partial charge in [-0.25, -0.2) is 0 Å². The maximum Gasteiger partial charge on any atom is 0.215 e. The number of hydrogen-bond acceptors (Lipinski definition) is 3. The third-order valence-corrected chi connectivity index (χ3v) is 2.23. The molecule has 1 heterocycles. The van der Waals surface area contributed by atoms with Crippen LogP contribution in [0.5, 0.6) is 0 Å². The zero-order chi connectivity index (χ0) is 8.32. The van der Waals surface area contributed by atoms with Gasteiger partial charge in [-0.2, -0.15) is 0 Å². The molecule has 0 unspecified atom stereocenters. The molecule has 1 saturated heterocycles. The van der Waals surface area contributed by atoms with Crippen molar-refractivity contribution >= 4 is 12.6 Å². The van der Waals surface area contributed by atoms with Gasteiger partial charge in [0.25, 0.3) is 0 Å². The van der Waals surface area contributed by atoms with Crippen molar-refractivity contribution < 1.29 is 9.47 Å². The predicted octanol–water partition coefficient (Wildman–Crippen LogP) is 2.05. The molecule has 0 N–H and O–H groups in total. The van der Waals surface area contributed by atoms with Crippen LogP contribution in [0.2, 0.25) is 0 Å². The van der Waals surface area contributed by atoms with Gasteiger partial charge in [-0.3, -0.25) is 0 Å². The lowest BCUT2D eigenvalue weighted by atomic mass is 10.2. The third-order valence-electron chi connectivity index (χ3n) is 1.75. The standard InChI is InChI=1S/C8H16O2S/c1-3-4-8(11)9-5-7(2)6-10-8/h7,11H,3-6H2,1-2H3. The lowest BCUT2D eigenvalue weighted by Crippen LogP contribution is -2.38. The molecule has 0 aliphatic carbocycles. The zero-order valence-corrected chi connectivity index (χ0v) is 8.06. The van der Waals surface area contributed by atoms with E-state index in [0.717, 1.165) is 26.1 Å². The van der Waals surface area contributed by atoms with Crippen LogP contribution in [0.4, 0.5) is 0 Å². The van der Waals surface area contributed by atoms with E-state index in [1.807, 2.05) is 0 Å². The van der Waals surface area contributed by atoms with Gasteiger partial charge in [-0.05, 0) is 0 Å². The summed E-state index contributed by atoms with van der Waals surface area (Å²) in [5.41, 5.74) is 0. The van der Waals surface area contributed by atoms with Crippen LogP contribution in [-0.2, 0) is 9.47 Å². The second-order valence-corrected chi connectivity index (χ2v) is 3.87. The van der Waals surface area contributed by atoms with Crippen LogP contribution in [0.1, 0.15) is 26.7 Å². The molecule has 1 fully saturated rings. The maximum absolute atomic E-state index is 5.46. The van der Waals surface area contributed by atoms with E-state index in [9.17, 15) is 0 Å². The van der Waals surface area contributed by atoms with Crippen molar-refractivity contribution in [1.29, 1.82) is 0 Å². The molecule has 1 aliphatic rings. The molecule has 0 aromatic carbocycles. The van der Waals surface area contributed by atoms with Crippen LogP contribution in [0.25, 0.3) is 0 Å². The average Bonchev–Trinajstić information content (AvgIpc) is 1.97. The van der Waals surface area contributed by atoms with Gasteiger partial charge in [-0.15, -0.1) is 12.6 Å². The average molecular weight is 176 g/mol. The molecule has 3 heteroatoms. The minimum absolute atomic E-state index is 0.507. The molecule has 0 aromatic rings. The van der Waals surface area contributed by atoms with Gasteiger partial charge in [0.15, 0.2) is 0 Å². The number of hydrogen-bond donors (Lipinski definition) is 1. The molecule has 1 aliphatic heterocycles. The molecule has 0 atom stereocenters. The second kappa shape index (κ2) is 3.78. The van der Waals surface area contributed by atoms with E-state index < -0.39 is 5.12 Å². The molecule has 0 spiro atoms. The van der Waals surface area contributed by atoms with Gasteiger partial charge in [0.1, 0.15) is 0 Å². The Morgan fingerprint density at radius 2 is 2.00 bits per heavy atom.